The van der Waals surface area contributed by atoms with E-state index in [4.69, 9.17) is 4.74 Å². The number of hydrogen-bond donors (Lipinski definition) is 0. The molecule has 2 nitrogen and oxygen atoms in total. The predicted molar refractivity (Wildman–Crippen MR) is 62.0 cm³/mol. The number of esters is 1. The van der Waals surface area contributed by atoms with Crippen LogP contribution in [0.2, 0.25) is 0 Å². The zero-order valence-corrected chi connectivity index (χ0v) is 10.3. The van der Waals surface area contributed by atoms with E-state index in [1.807, 2.05) is 6.07 Å². The van der Waals surface area contributed by atoms with Crippen LogP contribution in [0.1, 0.15) is 21.5 Å². The zero-order chi connectivity index (χ0) is 10.6. The number of allylic oxidation sites excluding steroid dienone is 1. The van der Waals surface area contributed by atoms with E-state index in [1.165, 1.54) is 11.3 Å². The lowest BCUT2D eigenvalue weighted by molar-refractivity contribution is 0.0532. The van der Waals surface area contributed by atoms with Crippen LogP contribution in [0.3, 0.4) is 0 Å². The number of thiophene rings is 1. The van der Waals surface area contributed by atoms with Crippen molar-refractivity contribution < 1.29 is 9.53 Å². The molecule has 1 heterocycles. The molecule has 1 aromatic rings. The van der Waals surface area contributed by atoms with Gasteiger partial charge in [0.05, 0.1) is 6.61 Å². The van der Waals surface area contributed by atoms with Gasteiger partial charge in [-0.25, -0.2) is 4.79 Å². The van der Waals surface area contributed by atoms with Crippen molar-refractivity contribution >= 4 is 33.2 Å². The van der Waals surface area contributed by atoms with E-state index in [1.54, 1.807) is 13.0 Å². The van der Waals surface area contributed by atoms with Gasteiger partial charge in [0.1, 0.15) is 4.88 Å². The van der Waals surface area contributed by atoms with Gasteiger partial charge >= 0.3 is 5.97 Å². The van der Waals surface area contributed by atoms with Gasteiger partial charge in [-0.3, -0.25) is 0 Å². The molecule has 0 spiro atoms. The Balaban J connectivity index is 2.67. The smallest absolute Gasteiger partial charge is 0.348 e. The molecule has 1 rings (SSSR count). The molecule has 0 fully saturated rings. The van der Waals surface area contributed by atoms with Gasteiger partial charge < -0.3 is 4.74 Å². The van der Waals surface area contributed by atoms with Gasteiger partial charge in [-0.05, 0) is 23.5 Å². The van der Waals surface area contributed by atoms with Gasteiger partial charge in [0, 0.05) is 11.3 Å². The molecule has 14 heavy (non-hydrogen) atoms. The Morgan fingerprint density at radius 1 is 1.64 bits per heavy atom. The third-order valence-electron chi connectivity index (χ3n) is 1.50. The standard InChI is InChI=1S/C10H11BrO2S/c1-3-13-10(12)9-5-4-8(14-9)6-7(2)11/h4-5H,2-3,6H2,1H3. The summed E-state index contributed by atoms with van der Waals surface area (Å²) in [5.41, 5.74) is 0. The highest BCUT2D eigenvalue weighted by molar-refractivity contribution is 9.11. The van der Waals surface area contributed by atoms with Crippen molar-refractivity contribution in [3.63, 3.8) is 0 Å². The number of carbonyl (C=O) groups excluding carboxylic acids is 1. The maximum absolute atomic E-state index is 11.3. The normalized spacial score (nSPS) is 9.86. The first-order valence-electron chi connectivity index (χ1n) is 4.22. The molecule has 76 valence electrons. The van der Waals surface area contributed by atoms with Crippen molar-refractivity contribution in [2.24, 2.45) is 0 Å². The molecule has 0 saturated carbocycles. The molecule has 0 atom stereocenters. The van der Waals surface area contributed by atoms with Gasteiger partial charge in [0.15, 0.2) is 0 Å². The second-order valence-electron chi connectivity index (χ2n) is 2.68. The minimum absolute atomic E-state index is 0.246. The SMILES string of the molecule is C=C(Br)Cc1ccc(C(=O)OCC)s1. The van der Waals surface area contributed by atoms with Gasteiger partial charge in [-0.15, -0.1) is 11.3 Å². The van der Waals surface area contributed by atoms with E-state index in [9.17, 15) is 4.79 Å². The van der Waals surface area contributed by atoms with Crippen LogP contribution < -0.4 is 0 Å². The highest BCUT2D eigenvalue weighted by atomic mass is 79.9. The molecular formula is C10H11BrO2S. The summed E-state index contributed by atoms with van der Waals surface area (Å²) in [4.78, 5) is 13.1. The number of rotatable bonds is 4. The Labute approximate surface area is 95.7 Å². The number of halogens is 1. The molecule has 1 aromatic heterocycles. The van der Waals surface area contributed by atoms with Gasteiger partial charge in [0.2, 0.25) is 0 Å². The topological polar surface area (TPSA) is 26.3 Å². The average Bonchev–Trinajstić information content (AvgIpc) is 2.52. The summed E-state index contributed by atoms with van der Waals surface area (Å²) in [5, 5.41) is 0. The van der Waals surface area contributed by atoms with Crippen molar-refractivity contribution in [2.45, 2.75) is 13.3 Å². The quantitative estimate of drug-likeness (QED) is 0.787. The van der Waals surface area contributed by atoms with Crippen molar-refractivity contribution in [3.05, 3.63) is 32.9 Å². The first-order chi connectivity index (χ1) is 6.63. The molecule has 0 radical (unpaired) electrons. The molecule has 0 aliphatic rings. The van der Waals surface area contributed by atoms with Gasteiger partial charge in [0.25, 0.3) is 0 Å². The van der Waals surface area contributed by atoms with Crippen molar-refractivity contribution in [2.75, 3.05) is 6.61 Å². The van der Waals surface area contributed by atoms with Crippen LogP contribution in [0.15, 0.2) is 23.2 Å². The first-order valence-corrected chi connectivity index (χ1v) is 5.83. The largest absolute Gasteiger partial charge is 0.462 e. The summed E-state index contributed by atoms with van der Waals surface area (Å²) in [6.45, 7) is 5.96. The van der Waals surface area contributed by atoms with Crippen molar-refractivity contribution in [3.8, 4) is 0 Å². The maximum atomic E-state index is 11.3. The molecule has 4 heteroatoms. The van der Waals surface area contributed by atoms with Crippen LogP contribution in [0.25, 0.3) is 0 Å². The van der Waals surface area contributed by atoms with E-state index < -0.39 is 0 Å². The fourth-order valence-corrected chi connectivity index (χ4v) is 2.40. The van der Waals surface area contributed by atoms with Crippen LogP contribution >= 0.6 is 27.3 Å². The van der Waals surface area contributed by atoms with Gasteiger partial charge in [-0.2, -0.15) is 0 Å². The summed E-state index contributed by atoms with van der Waals surface area (Å²) in [6, 6.07) is 3.71. The zero-order valence-electron chi connectivity index (χ0n) is 7.88. The van der Waals surface area contributed by atoms with E-state index in [-0.39, 0.29) is 5.97 Å². The van der Waals surface area contributed by atoms with Crippen LogP contribution in [0, 0.1) is 0 Å². The summed E-state index contributed by atoms with van der Waals surface area (Å²) in [5.74, 6) is -0.246. The lowest BCUT2D eigenvalue weighted by Crippen LogP contribution is -2.01. The van der Waals surface area contributed by atoms with E-state index in [0.717, 1.165) is 15.8 Å². The summed E-state index contributed by atoms with van der Waals surface area (Å²) >= 11 is 4.73. The molecule has 0 saturated heterocycles. The summed E-state index contributed by atoms with van der Waals surface area (Å²) in [7, 11) is 0. The van der Waals surface area contributed by atoms with Crippen LogP contribution in [0.5, 0.6) is 0 Å². The van der Waals surface area contributed by atoms with E-state index in [2.05, 4.69) is 22.5 Å². The second-order valence-corrected chi connectivity index (χ2v) is 4.97. The molecule has 0 aromatic carbocycles. The molecule has 0 N–H and O–H groups in total. The molecule has 0 aliphatic carbocycles. The Kier molecular flexibility index (Phi) is 4.35. The second kappa shape index (κ2) is 5.32. The highest BCUT2D eigenvalue weighted by Crippen LogP contribution is 2.21. The monoisotopic (exact) mass is 274 g/mol. The third-order valence-corrected chi connectivity index (χ3v) is 2.85. The highest BCUT2D eigenvalue weighted by Gasteiger charge is 2.09. The van der Waals surface area contributed by atoms with Crippen LogP contribution in [-0.4, -0.2) is 12.6 Å². The first kappa shape index (κ1) is 11.5. The number of ether oxygens (including phenoxy) is 1. The van der Waals surface area contributed by atoms with Crippen molar-refractivity contribution in [1.29, 1.82) is 0 Å². The Morgan fingerprint density at radius 2 is 2.36 bits per heavy atom. The minimum Gasteiger partial charge on any atom is -0.462 e. The van der Waals surface area contributed by atoms with Crippen LogP contribution in [0.4, 0.5) is 0 Å². The lowest BCUT2D eigenvalue weighted by Gasteiger charge is -1.96. The summed E-state index contributed by atoms with van der Waals surface area (Å²) in [6.07, 6.45) is 0.754. The third kappa shape index (κ3) is 3.27. The Morgan fingerprint density at radius 3 is 2.93 bits per heavy atom. The minimum atomic E-state index is -0.246. The number of carbonyl (C=O) groups is 1. The molecule has 0 amide bonds. The maximum Gasteiger partial charge on any atom is 0.348 e. The Hall–Kier alpha value is -0.610. The molecule has 0 bridgehead atoms. The Bertz CT molecular complexity index is 344. The van der Waals surface area contributed by atoms with Gasteiger partial charge in [-0.1, -0.05) is 22.5 Å². The fourth-order valence-electron chi connectivity index (χ4n) is 0.974. The van der Waals surface area contributed by atoms with E-state index >= 15 is 0 Å². The van der Waals surface area contributed by atoms with Crippen LogP contribution in [-0.2, 0) is 11.2 Å². The molecule has 0 unspecified atom stereocenters. The predicted octanol–water partition coefficient (Wildman–Crippen LogP) is 3.38. The fraction of sp³-hybridized carbons (Fsp3) is 0.300. The van der Waals surface area contributed by atoms with Crippen molar-refractivity contribution in [1.82, 2.24) is 0 Å². The van der Waals surface area contributed by atoms with E-state index in [0.29, 0.717) is 11.5 Å². The molecular weight excluding hydrogens is 264 g/mol. The summed E-state index contributed by atoms with van der Waals surface area (Å²) < 4.78 is 5.80. The molecule has 0 aliphatic heterocycles. The average molecular weight is 275 g/mol. The number of hydrogen-bond acceptors (Lipinski definition) is 3. The lowest BCUT2D eigenvalue weighted by atomic mass is 10.3.